The quantitative estimate of drug-likeness (QED) is 0.461. The van der Waals surface area contributed by atoms with Crippen LogP contribution < -0.4 is 29.2 Å². The van der Waals surface area contributed by atoms with E-state index in [0.717, 1.165) is 11.1 Å². The van der Waals surface area contributed by atoms with Crippen LogP contribution >= 0.6 is 0 Å². The Kier molecular flexibility index (Phi) is 7.75. The molecule has 0 bridgehead atoms. The van der Waals surface area contributed by atoms with Gasteiger partial charge in [0.25, 0.3) is 5.91 Å². The van der Waals surface area contributed by atoms with E-state index in [-0.39, 0.29) is 18.2 Å². The van der Waals surface area contributed by atoms with Gasteiger partial charge in [-0.25, -0.2) is 0 Å². The predicted molar refractivity (Wildman–Crippen MR) is 137 cm³/mol. The lowest BCUT2D eigenvalue weighted by Gasteiger charge is -2.30. The number of anilines is 1. The van der Waals surface area contributed by atoms with E-state index in [1.165, 1.54) is 4.90 Å². The number of benzene rings is 3. The van der Waals surface area contributed by atoms with Crippen molar-refractivity contribution in [2.75, 3.05) is 39.3 Å². The number of rotatable bonds is 9. The molecule has 2 amide bonds. The van der Waals surface area contributed by atoms with E-state index in [0.29, 0.717) is 41.7 Å². The van der Waals surface area contributed by atoms with Crippen LogP contribution in [0.2, 0.25) is 0 Å². The maximum atomic E-state index is 13.3. The fourth-order valence-electron chi connectivity index (χ4n) is 3.88. The Hall–Kier alpha value is -4.46. The van der Waals surface area contributed by atoms with Gasteiger partial charge in [-0.05, 0) is 60.0 Å². The lowest BCUT2D eigenvalue weighted by molar-refractivity contribution is -0.123. The summed E-state index contributed by atoms with van der Waals surface area (Å²) in [4.78, 5) is 27.5. The van der Waals surface area contributed by atoms with Crippen LogP contribution in [-0.4, -0.2) is 46.2 Å². The summed E-state index contributed by atoms with van der Waals surface area (Å²) in [5.74, 6) is 1.90. The van der Waals surface area contributed by atoms with Crippen LogP contribution in [-0.2, 0) is 16.0 Å². The molecule has 0 spiro atoms. The highest BCUT2D eigenvalue weighted by Gasteiger charge is 2.31. The van der Waals surface area contributed by atoms with Crippen molar-refractivity contribution in [2.24, 2.45) is 0 Å². The predicted octanol–water partition coefficient (Wildman–Crippen LogP) is 3.84. The van der Waals surface area contributed by atoms with Gasteiger partial charge in [0, 0.05) is 6.54 Å². The lowest BCUT2D eigenvalue weighted by atomic mass is 10.1. The van der Waals surface area contributed by atoms with Gasteiger partial charge < -0.3 is 24.3 Å². The van der Waals surface area contributed by atoms with E-state index in [4.69, 9.17) is 18.9 Å². The highest BCUT2D eigenvalue weighted by Crippen LogP contribution is 2.35. The number of methoxy groups -OCH3 is 3. The average molecular weight is 489 g/mol. The van der Waals surface area contributed by atoms with E-state index in [2.05, 4.69) is 5.32 Å². The molecule has 0 aromatic heterocycles. The first kappa shape index (κ1) is 24.7. The first-order valence-electron chi connectivity index (χ1n) is 11.4. The van der Waals surface area contributed by atoms with Gasteiger partial charge in [-0.15, -0.1) is 0 Å². The van der Waals surface area contributed by atoms with Crippen molar-refractivity contribution in [3.8, 4) is 23.0 Å². The number of carbonyl (C=O) groups excluding carboxylic acids is 2. The van der Waals surface area contributed by atoms with E-state index < -0.39 is 5.91 Å². The Bertz CT molecular complexity index is 1290. The molecule has 0 fully saturated rings. The summed E-state index contributed by atoms with van der Waals surface area (Å²) in [5, 5.41) is 2.89. The van der Waals surface area contributed by atoms with Crippen LogP contribution in [0, 0.1) is 0 Å². The molecule has 0 saturated heterocycles. The van der Waals surface area contributed by atoms with Crippen molar-refractivity contribution in [1.82, 2.24) is 5.32 Å². The Morgan fingerprint density at radius 2 is 1.75 bits per heavy atom. The molecule has 36 heavy (non-hydrogen) atoms. The largest absolute Gasteiger partial charge is 0.497 e. The summed E-state index contributed by atoms with van der Waals surface area (Å²) in [5.41, 5.74) is 2.28. The normalized spacial score (nSPS) is 13.6. The molecule has 3 aromatic rings. The number of ether oxygens (including phenoxy) is 4. The molecule has 0 saturated carbocycles. The van der Waals surface area contributed by atoms with E-state index >= 15 is 0 Å². The van der Waals surface area contributed by atoms with Gasteiger partial charge in [0.15, 0.2) is 23.0 Å². The number of hydrogen-bond acceptors (Lipinski definition) is 6. The van der Waals surface area contributed by atoms with Crippen LogP contribution in [0.5, 0.6) is 23.0 Å². The van der Waals surface area contributed by atoms with Gasteiger partial charge in [-0.1, -0.05) is 30.3 Å². The molecule has 0 radical (unpaired) electrons. The number of nitrogens with zero attached hydrogens (tertiary/aromatic N) is 1. The second-order valence-corrected chi connectivity index (χ2v) is 8.04. The number of amides is 2. The zero-order chi connectivity index (χ0) is 25.5. The van der Waals surface area contributed by atoms with Gasteiger partial charge in [0.05, 0.1) is 27.0 Å². The van der Waals surface area contributed by atoms with Crippen molar-refractivity contribution in [3.63, 3.8) is 0 Å². The van der Waals surface area contributed by atoms with Crippen molar-refractivity contribution in [1.29, 1.82) is 0 Å². The first-order chi connectivity index (χ1) is 17.5. The molecule has 0 aliphatic carbocycles. The summed E-state index contributed by atoms with van der Waals surface area (Å²) in [7, 11) is 4.74. The monoisotopic (exact) mass is 488 g/mol. The molecule has 1 aliphatic heterocycles. The van der Waals surface area contributed by atoms with Crippen LogP contribution in [0.25, 0.3) is 6.08 Å². The van der Waals surface area contributed by atoms with Gasteiger partial charge in [-0.3, -0.25) is 14.5 Å². The molecule has 0 unspecified atom stereocenters. The van der Waals surface area contributed by atoms with Gasteiger partial charge in [0.1, 0.15) is 12.3 Å². The fraction of sp³-hybridized carbons (Fsp3) is 0.214. The third-order valence-corrected chi connectivity index (χ3v) is 5.71. The van der Waals surface area contributed by atoms with Crippen molar-refractivity contribution >= 4 is 23.6 Å². The Balaban J connectivity index is 1.46. The minimum absolute atomic E-state index is 0.125. The van der Waals surface area contributed by atoms with Crippen LogP contribution in [0.15, 0.2) is 72.5 Å². The maximum Gasteiger partial charge on any atom is 0.294 e. The minimum atomic E-state index is -0.397. The molecule has 4 rings (SSSR count). The molecule has 186 valence electrons. The topological polar surface area (TPSA) is 86.3 Å². The van der Waals surface area contributed by atoms with E-state index in [9.17, 15) is 9.59 Å². The fourth-order valence-corrected chi connectivity index (χ4v) is 3.88. The Morgan fingerprint density at radius 3 is 2.53 bits per heavy atom. The number of nitrogens with one attached hydrogen (secondary N) is 1. The summed E-state index contributed by atoms with van der Waals surface area (Å²) in [6.45, 7) is 0.265. The van der Waals surface area contributed by atoms with Crippen molar-refractivity contribution in [2.45, 2.75) is 6.42 Å². The number of carbonyl (C=O) groups is 2. The van der Waals surface area contributed by atoms with Crippen LogP contribution in [0.1, 0.15) is 11.1 Å². The van der Waals surface area contributed by atoms with Crippen LogP contribution in [0.3, 0.4) is 0 Å². The molecule has 8 nitrogen and oxygen atoms in total. The van der Waals surface area contributed by atoms with Crippen LogP contribution in [0.4, 0.5) is 5.69 Å². The first-order valence-corrected chi connectivity index (χ1v) is 11.4. The van der Waals surface area contributed by atoms with Gasteiger partial charge in [0.2, 0.25) is 5.91 Å². The van der Waals surface area contributed by atoms with Crippen molar-refractivity contribution < 1.29 is 28.5 Å². The lowest BCUT2D eigenvalue weighted by Crippen LogP contribution is -2.44. The standard InChI is InChI=1S/C28H28N2O6/c1-33-21-8-6-7-20(15-21)17-26-28(32)30(22-9-4-5-10-23(22)36-26)18-27(31)29-14-13-19-11-12-24(34-2)25(16-19)35-3/h4-12,15-17H,13-14,18H2,1-3H3,(H,29,31)/b26-17-. The minimum Gasteiger partial charge on any atom is -0.497 e. The molecule has 1 aliphatic rings. The van der Waals surface area contributed by atoms with E-state index in [1.54, 1.807) is 51.7 Å². The second-order valence-electron chi connectivity index (χ2n) is 8.04. The van der Waals surface area contributed by atoms with Crippen molar-refractivity contribution in [3.05, 3.63) is 83.6 Å². The maximum absolute atomic E-state index is 13.3. The zero-order valence-electron chi connectivity index (χ0n) is 20.4. The Morgan fingerprint density at radius 1 is 0.944 bits per heavy atom. The molecular weight excluding hydrogens is 460 g/mol. The summed E-state index contributed by atoms with van der Waals surface area (Å²) < 4.78 is 21.7. The smallest absolute Gasteiger partial charge is 0.294 e. The molecular formula is C28H28N2O6. The Labute approximate surface area is 210 Å². The van der Waals surface area contributed by atoms with E-state index in [1.807, 2.05) is 42.5 Å². The molecule has 3 aromatic carbocycles. The molecule has 1 N–H and O–H groups in total. The molecule has 0 atom stereocenters. The molecule has 8 heteroatoms. The SMILES string of the molecule is COc1cccc(/C=C2\Oc3ccccc3N(CC(=O)NCCc3ccc(OC)c(OC)c3)C2=O)c1. The summed E-state index contributed by atoms with van der Waals surface area (Å²) >= 11 is 0. The third kappa shape index (κ3) is 5.60. The number of para-hydroxylation sites is 2. The second kappa shape index (κ2) is 11.3. The highest BCUT2D eigenvalue weighted by molar-refractivity contribution is 6.12. The summed E-state index contributed by atoms with van der Waals surface area (Å²) in [6, 6.07) is 20.1. The summed E-state index contributed by atoms with van der Waals surface area (Å²) in [6.07, 6.45) is 2.24. The molecule has 1 heterocycles. The van der Waals surface area contributed by atoms with Gasteiger partial charge >= 0.3 is 0 Å². The van der Waals surface area contributed by atoms with Gasteiger partial charge in [-0.2, -0.15) is 0 Å². The third-order valence-electron chi connectivity index (χ3n) is 5.71. The average Bonchev–Trinajstić information content (AvgIpc) is 2.91. The number of fused-ring (bicyclic) bond motifs is 1. The zero-order valence-corrected chi connectivity index (χ0v) is 20.4. The highest BCUT2D eigenvalue weighted by atomic mass is 16.5. The number of hydrogen-bond donors (Lipinski definition) is 1.